The van der Waals surface area contributed by atoms with E-state index < -0.39 is 0 Å². The normalized spacial score (nSPS) is 11.9. The first-order valence-electron chi connectivity index (χ1n) is 15.5. The molecule has 5 heterocycles. The zero-order chi connectivity index (χ0) is 30.2. The van der Waals surface area contributed by atoms with Gasteiger partial charge in [0, 0.05) is 56.4 Å². The van der Waals surface area contributed by atoms with Crippen LogP contribution < -0.4 is 0 Å². The van der Waals surface area contributed by atoms with E-state index in [1.165, 1.54) is 64.8 Å². The first kappa shape index (κ1) is 25.4. The standard InChI is InChI=1S/C41H26N4S/c1-3-12-30(13-4-1)43-22-20-33-39(43)35-26-38(46-41(35)44-23-21-42-40(33)44)29-11-9-10-27(24-29)28-18-19-37-34(25-28)32-16-7-8-17-36(32)45(37)31-14-5-2-6-15-31/h1-26H. The van der Waals surface area contributed by atoms with E-state index in [9.17, 15) is 0 Å². The topological polar surface area (TPSA) is 27.2 Å². The predicted octanol–water partition coefficient (Wildman–Crippen LogP) is 10.9. The molecular formula is C41H26N4S. The molecule has 216 valence electrons. The lowest BCUT2D eigenvalue weighted by molar-refractivity contribution is 1.13. The number of benzene rings is 5. The molecule has 10 aromatic rings. The molecule has 0 atom stereocenters. The Bertz CT molecular complexity index is 2740. The number of nitrogens with zero attached hydrogens (tertiary/aromatic N) is 4. The third-order valence-corrected chi connectivity index (χ3v) is 10.3. The van der Waals surface area contributed by atoms with E-state index in [2.05, 4.69) is 165 Å². The van der Waals surface area contributed by atoms with Crippen LogP contribution in [0.1, 0.15) is 0 Å². The van der Waals surface area contributed by atoms with Gasteiger partial charge in [0.2, 0.25) is 0 Å². The fraction of sp³-hybridized carbons (Fsp3) is 0. The van der Waals surface area contributed by atoms with Crippen LogP contribution in [0.25, 0.3) is 81.5 Å². The minimum atomic E-state index is 0.988. The van der Waals surface area contributed by atoms with E-state index in [4.69, 9.17) is 4.98 Å². The number of aromatic nitrogens is 4. The first-order valence-corrected chi connectivity index (χ1v) is 16.3. The van der Waals surface area contributed by atoms with E-state index >= 15 is 0 Å². The van der Waals surface area contributed by atoms with Crippen LogP contribution >= 0.6 is 11.3 Å². The lowest BCUT2D eigenvalue weighted by Gasteiger charge is -2.08. The average Bonchev–Trinajstić information content (AvgIpc) is 3.92. The second-order valence-electron chi connectivity index (χ2n) is 11.7. The number of para-hydroxylation sites is 3. The zero-order valence-corrected chi connectivity index (χ0v) is 25.5. The van der Waals surface area contributed by atoms with Crippen molar-refractivity contribution >= 4 is 59.9 Å². The highest BCUT2D eigenvalue weighted by molar-refractivity contribution is 7.22. The van der Waals surface area contributed by atoms with Gasteiger partial charge in [0.05, 0.1) is 16.6 Å². The van der Waals surface area contributed by atoms with Crippen molar-refractivity contribution in [3.63, 3.8) is 0 Å². The molecule has 0 spiro atoms. The second-order valence-corrected chi connectivity index (χ2v) is 12.8. The van der Waals surface area contributed by atoms with Crippen molar-refractivity contribution in [1.82, 2.24) is 18.5 Å². The van der Waals surface area contributed by atoms with Gasteiger partial charge in [-0.1, -0.05) is 78.9 Å². The predicted molar refractivity (Wildman–Crippen MR) is 193 cm³/mol. The van der Waals surface area contributed by atoms with E-state index in [-0.39, 0.29) is 0 Å². The molecule has 4 nitrogen and oxygen atoms in total. The molecule has 5 heteroatoms. The molecule has 0 N–H and O–H groups in total. The highest BCUT2D eigenvalue weighted by Crippen LogP contribution is 2.41. The Labute approximate surface area is 268 Å². The van der Waals surface area contributed by atoms with E-state index in [0.29, 0.717) is 0 Å². The summed E-state index contributed by atoms with van der Waals surface area (Å²) in [5.41, 5.74) is 10.6. The molecule has 0 fully saturated rings. The molecule has 0 saturated carbocycles. The molecule has 0 bridgehead atoms. The average molecular weight is 607 g/mol. The number of pyridine rings is 1. The third-order valence-electron chi connectivity index (χ3n) is 9.16. The first-order chi connectivity index (χ1) is 22.8. The maximum absolute atomic E-state index is 4.76. The van der Waals surface area contributed by atoms with Crippen molar-refractivity contribution in [1.29, 1.82) is 0 Å². The monoisotopic (exact) mass is 606 g/mol. The number of rotatable bonds is 4. The van der Waals surface area contributed by atoms with Crippen LogP contribution in [0.15, 0.2) is 158 Å². The summed E-state index contributed by atoms with van der Waals surface area (Å²) in [6.45, 7) is 0. The van der Waals surface area contributed by atoms with Gasteiger partial charge < -0.3 is 9.13 Å². The minimum Gasteiger partial charge on any atom is -0.316 e. The lowest BCUT2D eigenvalue weighted by Crippen LogP contribution is -1.93. The second kappa shape index (κ2) is 9.80. The molecule has 0 aliphatic rings. The molecule has 5 aromatic carbocycles. The summed E-state index contributed by atoms with van der Waals surface area (Å²) in [6.07, 6.45) is 6.14. The fourth-order valence-corrected chi connectivity index (χ4v) is 8.23. The van der Waals surface area contributed by atoms with Gasteiger partial charge >= 0.3 is 0 Å². The van der Waals surface area contributed by atoms with Crippen molar-refractivity contribution in [3.05, 3.63) is 158 Å². The van der Waals surface area contributed by atoms with Crippen molar-refractivity contribution in [2.75, 3.05) is 0 Å². The molecule has 0 amide bonds. The largest absolute Gasteiger partial charge is 0.316 e. The summed E-state index contributed by atoms with van der Waals surface area (Å²) in [7, 11) is 0. The van der Waals surface area contributed by atoms with E-state index in [1.807, 2.05) is 17.5 Å². The molecule has 10 rings (SSSR count). The van der Waals surface area contributed by atoms with Gasteiger partial charge in [-0.15, -0.1) is 11.3 Å². The summed E-state index contributed by atoms with van der Waals surface area (Å²) in [5.74, 6) is 0. The number of thiophene rings is 1. The maximum atomic E-state index is 4.76. The van der Waals surface area contributed by atoms with E-state index in [1.54, 1.807) is 0 Å². The van der Waals surface area contributed by atoms with Crippen molar-refractivity contribution in [2.24, 2.45) is 0 Å². The molecule has 0 saturated heterocycles. The van der Waals surface area contributed by atoms with Crippen LogP contribution in [-0.4, -0.2) is 18.5 Å². The molecular weight excluding hydrogens is 581 g/mol. The van der Waals surface area contributed by atoms with Crippen LogP contribution in [0.3, 0.4) is 0 Å². The molecule has 0 aliphatic carbocycles. The SMILES string of the molecule is c1ccc(-n2ccc3c2c2cc(-c4cccc(-c5ccc6c(c5)c5ccccc5n6-c5ccccc5)c4)sc2n2ccnc32)cc1. The number of imidazole rings is 1. The third kappa shape index (κ3) is 3.69. The van der Waals surface area contributed by atoms with Gasteiger partial charge in [-0.3, -0.25) is 4.40 Å². The Balaban J connectivity index is 1.14. The Morgan fingerprint density at radius 3 is 2.11 bits per heavy atom. The van der Waals surface area contributed by atoms with Crippen LogP contribution in [0.4, 0.5) is 0 Å². The molecule has 0 radical (unpaired) electrons. The number of hydrogen-bond acceptors (Lipinski definition) is 2. The van der Waals surface area contributed by atoms with Crippen LogP contribution in [0, 0.1) is 0 Å². The highest BCUT2D eigenvalue weighted by Gasteiger charge is 2.18. The zero-order valence-electron chi connectivity index (χ0n) is 24.7. The summed E-state index contributed by atoms with van der Waals surface area (Å²) in [6, 6.07) is 50.3. The lowest BCUT2D eigenvalue weighted by atomic mass is 10.00. The van der Waals surface area contributed by atoms with Gasteiger partial charge in [-0.25, -0.2) is 4.98 Å². The fourth-order valence-electron chi connectivity index (χ4n) is 7.09. The molecule has 0 aliphatic heterocycles. The highest BCUT2D eigenvalue weighted by atomic mass is 32.1. The quantitative estimate of drug-likeness (QED) is 0.196. The molecule has 5 aromatic heterocycles. The number of fused-ring (bicyclic) bond motifs is 9. The van der Waals surface area contributed by atoms with Gasteiger partial charge in [-0.2, -0.15) is 0 Å². The summed E-state index contributed by atoms with van der Waals surface area (Å²) in [5, 5.41) is 4.91. The Morgan fingerprint density at radius 2 is 1.24 bits per heavy atom. The van der Waals surface area contributed by atoms with Crippen LogP contribution in [0.5, 0.6) is 0 Å². The summed E-state index contributed by atoms with van der Waals surface area (Å²) < 4.78 is 6.90. The Kier molecular flexibility index (Phi) is 5.41. The Hall–Kier alpha value is -5.91. The summed E-state index contributed by atoms with van der Waals surface area (Å²) >= 11 is 1.82. The van der Waals surface area contributed by atoms with Gasteiger partial charge in [0.15, 0.2) is 0 Å². The van der Waals surface area contributed by atoms with Gasteiger partial charge in [0.25, 0.3) is 0 Å². The summed E-state index contributed by atoms with van der Waals surface area (Å²) in [4.78, 5) is 7.20. The van der Waals surface area contributed by atoms with Crippen molar-refractivity contribution in [3.8, 4) is 32.9 Å². The molecule has 0 unspecified atom stereocenters. The van der Waals surface area contributed by atoms with Crippen LogP contribution in [0.2, 0.25) is 0 Å². The minimum absolute atomic E-state index is 0.988. The smallest absolute Gasteiger partial charge is 0.147 e. The Morgan fingerprint density at radius 1 is 0.500 bits per heavy atom. The number of hydrogen-bond donors (Lipinski definition) is 0. The van der Waals surface area contributed by atoms with Gasteiger partial charge in [-0.05, 0) is 77.4 Å². The van der Waals surface area contributed by atoms with E-state index in [0.717, 1.165) is 16.7 Å². The molecule has 46 heavy (non-hydrogen) atoms. The van der Waals surface area contributed by atoms with Crippen molar-refractivity contribution < 1.29 is 0 Å². The van der Waals surface area contributed by atoms with Crippen molar-refractivity contribution in [2.45, 2.75) is 0 Å². The van der Waals surface area contributed by atoms with Gasteiger partial charge in [0.1, 0.15) is 10.5 Å². The van der Waals surface area contributed by atoms with Crippen LogP contribution in [-0.2, 0) is 0 Å². The maximum Gasteiger partial charge on any atom is 0.147 e.